The van der Waals surface area contributed by atoms with E-state index in [0.29, 0.717) is 30.3 Å². The van der Waals surface area contributed by atoms with E-state index < -0.39 is 12.0 Å². The van der Waals surface area contributed by atoms with Crippen LogP contribution in [0.2, 0.25) is 0 Å². The van der Waals surface area contributed by atoms with E-state index in [9.17, 15) is 8.78 Å². The molecule has 8 nitrogen and oxygen atoms in total. The number of nitrogens with zero attached hydrogens (tertiary/aromatic N) is 6. The Hall–Kier alpha value is -3.66. The second-order valence-corrected chi connectivity index (χ2v) is 7.49. The fourth-order valence-corrected chi connectivity index (χ4v) is 3.82. The number of piperidine rings is 1. The van der Waals surface area contributed by atoms with E-state index in [1.807, 2.05) is 11.0 Å². The lowest BCUT2D eigenvalue weighted by Crippen LogP contribution is -2.48. The van der Waals surface area contributed by atoms with Crippen LogP contribution in [0.1, 0.15) is 6.42 Å². The summed E-state index contributed by atoms with van der Waals surface area (Å²) in [5, 5.41) is 7.73. The first-order chi connectivity index (χ1) is 15.1. The Morgan fingerprint density at radius 3 is 2.81 bits per heavy atom. The zero-order chi connectivity index (χ0) is 21.4. The maximum atomic E-state index is 14.2. The number of pyridine rings is 2. The molecule has 5 rings (SSSR count). The highest BCUT2D eigenvalue weighted by Crippen LogP contribution is 2.30. The summed E-state index contributed by atoms with van der Waals surface area (Å²) in [6.45, 7) is 0.804. The molecule has 3 N–H and O–H groups in total. The molecule has 1 saturated heterocycles. The average Bonchev–Trinajstić information content (AvgIpc) is 3.16. The van der Waals surface area contributed by atoms with Gasteiger partial charge in [-0.2, -0.15) is 9.61 Å². The minimum atomic E-state index is -0.991. The van der Waals surface area contributed by atoms with Gasteiger partial charge < -0.3 is 16.0 Å². The van der Waals surface area contributed by atoms with Crippen LogP contribution in [0, 0.1) is 5.82 Å². The van der Waals surface area contributed by atoms with E-state index in [-0.39, 0.29) is 18.3 Å². The zero-order valence-corrected chi connectivity index (χ0v) is 16.5. The fourth-order valence-electron chi connectivity index (χ4n) is 3.82. The summed E-state index contributed by atoms with van der Waals surface area (Å²) in [5.74, 6) is -0.0405. The Bertz CT molecular complexity index is 1220. The first-order valence-electron chi connectivity index (χ1n) is 9.90. The molecule has 4 aromatic heterocycles. The van der Waals surface area contributed by atoms with E-state index in [4.69, 9.17) is 5.73 Å². The van der Waals surface area contributed by atoms with Crippen molar-refractivity contribution in [1.29, 1.82) is 0 Å². The molecule has 158 valence electrons. The molecule has 0 aromatic carbocycles. The molecule has 2 atom stereocenters. The molecule has 1 fully saturated rings. The number of fused-ring (bicyclic) bond motifs is 1. The summed E-state index contributed by atoms with van der Waals surface area (Å²) in [7, 11) is 0. The summed E-state index contributed by atoms with van der Waals surface area (Å²) in [4.78, 5) is 14.6. The molecule has 0 aliphatic carbocycles. The third-order valence-corrected chi connectivity index (χ3v) is 5.20. The van der Waals surface area contributed by atoms with Crippen LogP contribution < -0.4 is 16.0 Å². The molecule has 4 aromatic rings. The van der Waals surface area contributed by atoms with Gasteiger partial charge in [0.25, 0.3) is 0 Å². The predicted octanol–water partition coefficient (Wildman–Crippen LogP) is 2.94. The summed E-state index contributed by atoms with van der Waals surface area (Å²) >= 11 is 0. The van der Waals surface area contributed by atoms with Crippen LogP contribution in [0.15, 0.2) is 55.1 Å². The number of rotatable bonds is 4. The minimum Gasteiger partial charge on any atom is -0.365 e. The van der Waals surface area contributed by atoms with Crippen molar-refractivity contribution in [3.8, 4) is 11.4 Å². The van der Waals surface area contributed by atoms with E-state index in [1.54, 1.807) is 35.2 Å². The van der Waals surface area contributed by atoms with Gasteiger partial charge in [0.1, 0.15) is 17.6 Å². The molecule has 0 saturated carbocycles. The standard InChI is InChI=1S/C21H20F2N8/c22-13-8-14(24)12-30(11-13)19-5-7-25-10-18(19)28-21-27-9-15-3-4-17(29-31(15)21)20-16(23)2-1-6-26-20/h1-7,9-10,13-14H,8,11-12,24H2,(H,27,28). The Kier molecular flexibility index (Phi) is 4.91. The van der Waals surface area contributed by atoms with Gasteiger partial charge >= 0.3 is 0 Å². The summed E-state index contributed by atoms with van der Waals surface area (Å²) in [5.41, 5.74) is 8.69. The van der Waals surface area contributed by atoms with Crippen LogP contribution in [0.3, 0.4) is 0 Å². The van der Waals surface area contributed by atoms with Crippen LogP contribution in [0.5, 0.6) is 0 Å². The van der Waals surface area contributed by atoms with Crippen molar-refractivity contribution in [2.24, 2.45) is 5.73 Å². The van der Waals surface area contributed by atoms with E-state index >= 15 is 0 Å². The first-order valence-corrected chi connectivity index (χ1v) is 9.90. The highest BCUT2D eigenvalue weighted by Gasteiger charge is 2.26. The monoisotopic (exact) mass is 422 g/mol. The Morgan fingerprint density at radius 1 is 1.06 bits per heavy atom. The van der Waals surface area contributed by atoms with E-state index in [0.717, 1.165) is 11.2 Å². The van der Waals surface area contributed by atoms with Gasteiger partial charge in [-0.1, -0.05) is 0 Å². The van der Waals surface area contributed by atoms with Crippen molar-refractivity contribution >= 4 is 22.8 Å². The first kappa shape index (κ1) is 19.3. The molecular formula is C21H20F2N8. The van der Waals surface area contributed by atoms with Crippen LogP contribution in [-0.2, 0) is 0 Å². The molecular weight excluding hydrogens is 402 g/mol. The lowest BCUT2D eigenvalue weighted by Gasteiger charge is -2.35. The predicted molar refractivity (Wildman–Crippen MR) is 113 cm³/mol. The lowest BCUT2D eigenvalue weighted by molar-refractivity contribution is 0.269. The molecule has 0 radical (unpaired) electrons. The summed E-state index contributed by atoms with van der Waals surface area (Å²) in [6.07, 6.45) is 5.82. The summed E-state index contributed by atoms with van der Waals surface area (Å²) in [6, 6.07) is 7.92. The van der Waals surface area contributed by atoms with E-state index in [2.05, 4.69) is 25.4 Å². The smallest absolute Gasteiger partial charge is 0.229 e. The van der Waals surface area contributed by atoms with Crippen molar-refractivity contribution in [3.05, 3.63) is 60.9 Å². The third kappa shape index (κ3) is 3.77. The molecule has 5 heterocycles. The number of hydrogen-bond donors (Lipinski definition) is 2. The average molecular weight is 422 g/mol. The van der Waals surface area contributed by atoms with Crippen molar-refractivity contribution in [1.82, 2.24) is 24.6 Å². The number of imidazole rings is 1. The van der Waals surface area contributed by atoms with Crippen molar-refractivity contribution < 1.29 is 8.78 Å². The van der Waals surface area contributed by atoms with Gasteiger partial charge in [-0.05, 0) is 36.8 Å². The second-order valence-electron chi connectivity index (χ2n) is 7.49. The Labute approximate surface area is 176 Å². The lowest BCUT2D eigenvalue weighted by atomic mass is 10.0. The maximum absolute atomic E-state index is 14.2. The molecule has 10 heteroatoms. The zero-order valence-electron chi connectivity index (χ0n) is 16.5. The quantitative estimate of drug-likeness (QED) is 0.522. The van der Waals surface area contributed by atoms with Crippen LogP contribution in [0.4, 0.5) is 26.1 Å². The highest BCUT2D eigenvalue weighted by atomic mass is 19.1. The second kappa shape index (κ2) is 7.88. The normalized spacial score (nSPS) is 19.0. The molecule has 31 heavy (non-hydrogen) atoms. The van der Waals surface area contributed by atoms with Crippen molar-refractivity contribution in [3.63, 3.8) is 0 Å². The number of hydrogen-bond acceptors (Lipinski definition) is 7. The number of halogens is 2. The maximum Gasteiger partial charge on any atom is 0.229 e. The number of nitrogens with two attached hydrogens (primary N) is 1. The van der Waals surface area contributed by atoms with Crippen molar-refractivity contribution in [2.45, 2.75) is 18.6 Å². The SMILES string of the molecule is NC1CC(F)CN(c2ccncc2Nc2ncc3ccc(-c4ncccc4F)nn23)C1. The van der Waals surface area contributed by atoms with Gasteiger partial charge in [-0.3, -0.25) is 9.97 Å². The topological polar surface area (TPSA) is 97.3 Å². The Balaban J connectivity index is 1.50. The van der Waals surface area contributed by atoms with E-state index in [1.165, 1.54) is 18.3 Å². The van der Waals surface area contributed by atoms with Gasteiger partial charge in [0, 0.05) is 31.5 Å². The molecule has 0 bridgehead atoms. The van der Waals surface area contributed by atoms with Gasteiger partial charge in [-0.25, -0.2) is 13.8 Å². The van der Waals surface area contributed by atoms with Gasteiger partial charge in [0.15, 0.2) is 5.82 Å². The number of alkyl halides is 1. The molecule has 2 unspecified atom stereocenters. The number of aromatic nitrogens is 5. The third-order valence-electron chi connectivity index (χ3n) is 5.20. The molecule has 1 aliphatic rings. The van der Waals surface area contributed by atoms with Gasteiger partial charge in [-0.15, -0.1) is 0 Å². The minimum absolute atomic E-state index is 0.155. The highest BCUT2D eigenvalue weighted by molar-refractivity contribution is 5.73. The molecule has 1 aliphatic heterocycles. The molecule has 0 amide bonds. The van der Waals surface area contributed by atoms with Gasteiger partial charge in [0.2, 0.25) is 5.95 Å². The molecule has 0 spiro atoms. The van der Waals surface area contributed by atoms with Crippen LogP contribution >= 0.6 is 0 Å². The van der Waals surface area contributed by atoms with Crippen molar-refractivity contribution in [2.75, 3.05) is 23.3 Å². The Morgan fingerprint density at radius 2 is 1.97 bits per heavy atom. The van der Waals surface area contributed by atoms with Gasteiger partial charge in [0.05, 0.1) is 29.3 Å². The van der Waals surface area contributed by atoms with Crippen LogP contribution in [-0.4, -0.2) is 49.9 Å². The fraction of sp³-hybridized carbons (Fsp3) is 0.238. The number of nitrogens with one attached hydrogen (secondary N) is 1. The number of anilines is 3. The largest absolute Gasteiger partial charge is 0.365 e. The van der Waals surface area contributed by atoms with Crippen LogP contribution in [0.25, 0.3) is 16.9 Å². The summed E-state index contributed by atoms with van der Waals surface area (Å²) < 4.78 is 29.8.